The van der Waals surface area contributed by atoms with E-state index in [9.17, 15) is 26.4 Å². The van der Waals surface area contributed by atoms with Gasteiger partial charge in [-0.05, 0) is 42.5 Å². The maximum Gasteiger partial charge on any atom is 0.501 e. The molecule has 11 heteroatoms. The highest BCUT2D eigenvalue weighted by atomic mass is 35.5. The van der Waals surface area contributed by atoms with Crippen LogP contribution in [0.25, 0.3) is 0 Å². The lowest BCUT2D eigenvalue weighted by molar-refractivity contribution is -0.118. The molecule has 0 aromatic heterocycles. The first kappa shape index (κ1) is 19.9. The minimum atomic E-state index is -5.56. The number of carbonyl (C=O) groups is 1. The molecule has 0 radical (unpaired) electrons. The molecular weight excluding hydrogens is 397 g/mol. The van der Waals surface area contributed by atoms with Gasteiger partial charge in [-0.3, -0.25) is 4.79 Å². The van der Waals surface area contributed by atoms with Crippen LogP contribution in [0.3, 0.4) is 0 Å². The Morgan fingerprint density at radius 3 is 2.35 bits per heavy atom. The first-order valence-electron chi connectivity index (χ1n) is 6.90. The highest BCUT2D eigenvalue weighted by molar-refractivity contribution is 7.92. The Bertz CT molecular complexity index is 915. The fourth-order valence-electron chi connectivity index (χ4n) is 1.81. The molecule has 0 heterocycles. The number of nitrogen functional groups attached to an aromatic ring is 1. The van der Waals surface area contributed by atoms with Gasteiger partial charge in [0.05, 0.1) is 16.3 Å². The number of alkyl halides is 3. The van der Waals surface area contributed by atoms with Crippen LogP contribution in [0.15, 0.2) is 47.4 Å². The minimum Gasteiger partial charge on any atom is -0.484 e. The van der Waals surface area contributed by atoms with Gasteiger partial charge in [-0.2, -0.15) is 13.2 Å². The summed E-state index contributed by atoms with van der Waals surface area (Å²) in [6.07, 6.45) is 0. The van der Waals surface area contributed by atoms with E-state index in [1.165, 1.54) is 24.3 Å². The molecule has 0 unspecified atom stereocenters. The Morgan fingerprint density at radius 2 is 1.77 bits per heavy atom. The van der Waals surface area contributed by atoms with E-state index in [1.54, 1.807) is 0 Å². The summed E-state index contributed by atoms with van der Waals surface area (Å²) in [5.41, 5.74) is -0.286. The van der Waals surface area contributed by atoms with Crippen LogP contribution < -0.4 is 15.8 Å². The van der Waals surface area contributed by atoms with Crippen molar-refractivity contribution in [3.63, 3.8) is 0 Å². The molecule has 2 aromatic carbocycles. The molecule has 6 nitrogen and oxygen atoms in total. The standard InChI is InChI=1S/C15H12ClF3N2O4S/c16-9-1-3-10(4-2-9)25-8-14(22)21-13-7-11(5-6-12(13)20)26(23,24)15(17,18)19/h1-7H,8,20H2,(H,21,22). The number of nitrogens with one attached hydrogen (secondary N) is 1. The molecule has 140 valence electrons. The molecule has 26 heavy (non-hydrogen) atoms. The third kappa shape index (κ3) is 4.58. The van der Waals surface area contributed by atoms with E-state index in [0.717, 1.165) is 6.07 Å². The second-order valence-electron chi connectivity index (χ2n) is 4.99. The Morgan fingerprint density at radius 1 is 1.15 bits per heavy atom. The summed E-state index contributed by atoms with van der Waals surface area (Å²) in [5.74, 6) is -0.404. The minimum absolute atomic E-state index is 0.106. The van der Waals surface area contributed by atoms with E-state index in [-0.39, 0.29) is 11.4 Å². The summed E-state index contributed by atoms with van der Waals surface area (Å²) in [7, 11) is -5.56. The van der Waals surface area contributed by atoms with Crippen molar-refractivity contribution in [2.24, 2.45) is 0 Å². The molecule has 0 atom stereocenters. The van der Waals surface area contributed by atoms with Gasteiger partial charge in [0.1, 0.15) is 5.75 Å². The molecule has 3 N–H and O–H groups in total. The summed E-state index contributed by atoms with van der Waals surface area (Å²) < 4.78 is 65.9. The quantitative estimate of drug-likeness (QED) is 0.740. The van der Waals surface area contributed by atoms with Crippen LogP contribution in [0.2, 0.25) is 5.02 Å². The Balaban J connectivity index is 2.12. The molecule has 2 rings (SSSR count). The Kier molecular flexibility index (Phi) is 5.67. The van der Waals surface area contributed by atoms with Crippen LogP contribution in [0.5, 0.6) is 5.75 Å². The number of ether oxygens (including phenoxy) is 1. The van der Waals surface area contributed by atoms with Gasteiger partial charge in [-0.15, -0.1) is 0 Å². The topological polar surface area (TPSA) is 98.5 Å². The van der Waals surface area contributed by atoms with Gasteiger partial charge in [0, 0.05) is 5.02 Å². The normalized spacial score (nSPS) is 11.8. The van der Waals surface area contributed by atoms with Crippen LogP contribution in [0.1, 0.15) is 0 Å². The van der Waals surface area contributed by atoms with E-state index in [2.05, 4.69) is 5.32 Å². The zero-order valence-electron chi connectivity index (χ0n) is 12.9. The van der Waals surface area contributed by atoms with Gasteiger partial charge in [-0.25, -0.2) is 8.42 Å². The highest BCUT2D eigenvalue weighted by Gasteiger charge is 2.47. The van der Waals surface area contributed by atoms with E-state index < -0.39 is 32.8 Å². The number of benzene rings is 2. The molecule has 1 amide bonds. The first-order valence-corrected chi connectivity index (χ1v) is 8.76. The number of nitrogens with two attached hydrogens (primary N) is 1. The van der Waals surface area contributed by atoms with E-state index in [0.29, 0.717) is 22.9 Å². The lowest BCUT2D eigenvalue weighted by Crippen LogP contribution is -2.24. The maximum absolute atomic E-state index is 12.6. The number of anilines is 2. The number of amides is 1. The average molecular weight is 409 g/mol. The second kappa shape index (κ2) is 7.42. The molecule has 2 aromatic rings. The van der Waals surface area contributed by atoms with Crippen LogP contribution in [0, 0.1) is 0 Å². The van der Waals surface area contributed by atoms with E-state index in [4.69, 9.17) is 22.1 Å². The van der Waals surface area contributed by atoms with Crippen molar-refractivity contribution in [3.8, 4) is 5.75 Å². The van der Waals surface area contributed by atoms with Gasteiger partial charge in [-0.1, -0.05) is 11.6 Å². The maximum atomic E-state index is 12.6. The predicted octanol–water partition coefficient (Wildman–Crippen LogP) is 3.23. The van der Waals surface area contributed by atoms with Crippen LogP contribution in [-0.4, -0.2) is 26.4 Å². The predicted molar refractivity (Wildman–Crippen MR) is 89.7 cm³/mol. The zero-order valence-corrected chi connectivity index (χ0v) is 14.5. The fourth-order valence-corrected chi connectivity index (χ4v) is 2.72. The highest BCUT2D eigenvalue weighted by Crippen LogP contribution is 2.33. The third-order valence-corrected chi connectivity index (χ3v) is 4.83. The van der Waals surface area contributed by atoms with Gasteiger partial charge >= 0.3 is 5.51 Å². The largest absolute Gasteiger partial charge is 0.501 e. The SMILES string of the molecule is Nc1ccc(S(=O)(=O)C(F)(F)F)cc1NC(=O)COc1ccc(Cl)cc1. The van der Waals surface area contributed by atoms with Crippen molar-refractivity contribution in [1.82, 2.24) is 0 Å². The van der Waals surface area contributed by atoms with Gasteiger partial charge in [0.2, 0.25) is 0 Å². The molecule has 0 aliphatic carbocycles. The summed E-state index contributed by atoms with van der Waals surface area (Å²) >= 11 is 5.70. The molecule has 0 fully saturated rings. The van der Waals surface area contributed by atoms with E-state index >= 15 is 0 Å². The number of hydrogen-bond donors (Lipinski definition) is 2. The number of rotatable bonds is 5. The number of sulfone groups is 1. The second-order valence-corrected chi connectivity index (χ2v) is 7.37. The first-order chi connectivity index (χ1) is 12.0. The zero-order chi connectivity index (χ0) is 19.5. The Hall–Kier alpha value is -2.46. The monoisotopic (exact) mass is 408 g/mol. The molecule has 0 aliphatic rings. The van der Waals surface area contributed by atoms with Gasteiger partial charge in [0.15, 0.2) is 6.61 Å². The van der Waals surface area contributed by atoms with Crippen molar-refractivity contribution in [2.45, 2.75) is 10.4 Å². The van der Waals surface area contributed by atoms with Crippen molar-refractivity contribution in [3.05, 3.63) is 47.5 Å². The van der Waals surface area contributed by atoms with Gasteiger partial charge < -0.3 is 15.8 Å². The van der Waals surface area contributed by atoms with Crippen LogP contribution >= 0.6 is 11.6 Å². The van der Waals surface area contributed by atoms with Crippen molar-refractivity contribution >= 4 is 38.7 Å². The summed E-state index contributed by atoms with van der Waals surface area (Å²) in [5, 5.41) is 2.68. The van der Waals surface area contributed by atoms with Crippen molar-refractivity contribution < 1.29 is 31.1 Å². The third-order valence-electron chi connectivity index (χ3n) is 3.10. The van der Waals surface area contributed by atoms with Crippen molar-refractivity contribution in [2.75, 3.05) is 17.7 Å². The average Bonchev–Trinajstić information content (AvgIpc) is 2.55. The van der Waals surface area contributed by atoms with Crippen LogP contribution in [0.4, 0.5) is 24.5 Å². The lowest BCUT2D eigenvalue weighted by atomic mass is 10.2. The Labute approximate surface area is 151 Å². The van der Waals surface area contributed by atoms with Gasteiger partial charge in [0.25, 0.3) is 15.7 Å². The number of halogens is 4. The molecule has 0 bridgehead atoms. The molecular formula is C15H12ClF3N2O4S. The summed E-state index contributed by atoms with van der Waals surface area (Å²) in [4.78, 5) is 10.8. The molecule has 0 saturated carbocycles. The molecule has 0 aliphatic heterocycles. The smallest absolute Gasteiger partial charge is 0.484 e. The number of hydrogen-bond acceptors (Lipinski definition) is 5. The van der Waals surface area contributed by atoms with Crippen molar-refractivity contribution in [1.29, 1.82) is 0 Å². The summed E-state index contributed by atoms with van der Waals surface area (Å²) in [6, 6.07) is 8.40. The number of carbonyl (C=O) groups excluding carboxylic acids is 1. The fraction of sp³-hybridized carbons (Fsp3) is 0.133. The molecule has 0 spiro atoms. The lowest BCUT2D eigenvalue weighted by Gasteiger charge is -2.13. The van der Waals surface area contributed by atoms with E-state index in [1.807, 2.05) is 0 Å². The molecule has 0 saturated heterocycles. The van der Waals surface area contributed by atoms with Crippen LogP contribution in [-0.2, 0) is 14.6 Å². The summed E-state index contributed by atoms with van der Waals surface area (Å²) in [6.45, 7) is -0.475.